The molecule has 8 heteroatoms. The molecule has 1 aromatic carbocycles. The summed E-state index contributed by atoms with van der Waals surface area (Å²) in [7, 11) is 0. The molecule has 1 saturated carbocycles. The van der Waals surface area contributed by atoms with Gasteiger partial charge in [0, 0.05) is 25.3 Å². The molecule has 2 fully saturated rings. The average Bonchev–Trinajstić information content (AvgIpc) is 3.42. The zero-order chi connectivity index (χ0) is 23.4. The largest absolute Gasteiger partial charge is 0.393 e. The van der Waals surface area contributed by atoms with Gasteiger partial charge in [-0.15, -0.1) is 11.3 Å². The van der Waals surface area contributed by atoms with Crippen molar-refractivity contribution in [2.75, 3.05) is 31.6 Å². The van der Waals surface area contributed by atoms with E-state index in [4.69, 9.17) is 14.7 Å². The van der Waals surface area contributed by atoms with Gasteiger partial charge in [-0.3, -0.25) is 9.88 Å². The smallest absolute Gasteiger partial charge is 0.142 e. The van der Waals surface area contributed by atoms with Crippen LogP contribution in [0.25, 0.3) is 32.6 Å². The lowest BCUT2D eigenvalue weighted by Crippen LogP contribution is -2.49. The van der Waals surface area contributed by atoms with Crippen LogP contribution in [-0.2, 0) is 17.6 Å². The Morgan fingerprint density at radius 3 is 2.63 bits per heavy atom. The van der Waals surface area contributed by atoms with Crippen LogP contribution in [0.4, 0.5) is 5.69 Å². The van der Waals surface area contributed by atoms with E-state index in [1.165, 1.54) is 15.8 Å². The van der Waals surface area contributed by atoms with Crippen LogP contribution >= 0.6 is 11.3 Å². The van der Waals surface area contributed by atoms with E-state index in [0.717, 1.165) is 98.5 Å². The van der Waals surface area contributed by atoms with Crippen molar-refractivity contribution >= 4 is 38.3 Å². The van der Waals surface area contributed by atoms with Crippen molar-refractivity contribution in [2.45, 2.75) is 56.7 Å². The predicted octanol–water partition coefficient (Wildman–Crippen LogP) is 4.35. The first-order chi connectivity index (χ1) is 17.2. The van der Waals surface area contributed by atoms with Crippen molar-refractivity contribution in [3.05, 3.63) is 40.9 Å². The quantitative estimate of drug-likeness (QED) is 0.395. The monoisotopic (exact) mass is 489 g/mol. The number of benzene rings is 1. The van der Waals surface area contributed by atoms with Gasteiger partial charge in [0.2, 0.25) is 0 Å². The summed E-state index contributed by atoms with van der Waals surface area (Å²) in [5, 5.41) is 15.9. The Labute approximate surface area is 208 Å². The van der Waals surface area contributed by atoms with Crippen LogP contribution in [0.5, 0.6) is 0 Å². The highest BCUT2D eigenvalue weighted by atomic mass is 32.1. The molecule has 2 aliphatic heterocycles. The van der Waals surface area contributed by atoms with Crippen molar-refractivity contribution in [3.8, 4) is 11.4 Å². The van der Waals surface area contributed by atoms with E-state index in [2.05, 4.69) is 38.8 Å². The van der Waals surface area contributed by atoms with E-state index >= 15 is 0 Å². The molecular formula is C27H31N5O2S. The zero-order valence-electron chi connectivity index (χ0n) is 19.8. The molecule has 35 heavy (non-hydrogen) atoms. The van der Waals surface area contributed by atoms with E-state index in [0.29, 0.717) is 12.1 Å². The molecule has 0 amide bonds. The van der Waals surface area contributed by atoms with Crippen molar-refractivity contribution < 1.29 is 9.84 Å². The minimum Gasteiger partial charge on any atom is -0.393 e. The Morgan fingerprint density at radius 2 is 1.86 bits per heavy atom. The molecule has 0 spiro atoms. The molecule has 0 radical (unpaired) electrons. The topological polar surface area (TPSA) is 86.3 Å². The van der Waals surface area contributed by atoms with Crippen molar-refractivity contribution in [1.29, 1.82) is 0 Å². The third-order valence-corrected chi connectivity index (χ3v) is 8.97. The lowest BCUT2D eigenvalue weighted by molar-refractivity contribution is -0.0634. The van der Waals surface area contributed by atoms with E-state index in [-0.39, 0.29) is 6.10 Å². The second-order valence-corrected chi connectivity index (χ2v) is 11.2. The Morgan fingerprint density at radius 1 is 1.06 bits per heavy atom. The summed E-state index contributed by atoms with van der Waals surface area (Å²) in [6.07, 6.45) is 7.59. The number of aromatic nitrogens is 3. The number of aliphatic hydroxyl groups is 1. The van der Waals surface area contributed by atoms with Gasteiger partial charge in [-0.05, 0) is 73.2 Å². The van der Waals surface area contributed by atoms with Crippen LogP contribution in [0.2, 0.25) is 0 Å². The summed E-state index contributed by atoms with van der Waals surface area (Å²) in [5.74, 6) is 0.870. The predicted molar refractivity (Wildman–Crippen MR) is 140 cm³/mol. The van der Waals surface area contributed by atoms with Crippen molar-refractivity contribution in [1.82, 2.24) is 19.9 Å². The van der Waals surface area contributed by atoms with Gasteiger partial charge in [0.1, 0.15) is 5.82 Å². The minimum absolute atomic E-state index is 0.161. The maximum Gasteiger partial charge on any atom is 0.142 e. The number of hydrogen-bond acceptors (Lipinski definition) is 7. The number of ether oxygens (including phenoxy) is 1. The molecule has 0 atom stereocenters. The maximum absolute atomic E-state index is 9.95. The highest BCUT2D eigenvalue weighted by molar-refractivity contribution is 7.17. The number of H-pyrrole nitrogens is 1. The number of aromatic amines is 1. The minimum atomic E-state index is -0.161. The Bertz CT molecular complexity index is 1320. The molecule has 5 heterocycles. The number of anilines is 1. The Hall–Kier alpha value is -2.52. The molecule has 3 aromatic heterocycles. The van der Waals surface area contributed by atoms with Gasteiger partial charge in [-0.25, -0.2) is 4.98 Å². The number of aliphatic hydroxyl groups excluding tert-OH is 1. The van der Waals surface area contributed by atoms with E-state index in [1.807, 2.05) is 6.20 Å². The summed E-state index contributed by atoms with van der Waals surface area (Å²) in [4.78, 5) is 16.0. The van der Waals surface area contributed by atoms with Crippen LogP contribution in [0.15, 0.2) is 29.8 Å². The van der Waals surface area contributed by atoms with Gasteiger partial charge in [-0.1, -0.05) is 0 Å². The fraction of sp³-hybridized carbons (Fsp3) is 0.481. The van der Waals surface area contributed by atoms with E-state index in [9.17, 15) is 5.11 Å². The molecule has 3 N–H and O–H groups in total. The Balaban J connectivity index is 1.22. The van der Waals surface area contributed by atoms with Gasteiger partial charge < -0.3 is 20.1 Å². The van der Waals surface area contributed by atoms with Gasteiger partial charge in [0.25, 0.3) is 0 Å². The number of imidazole rings is 1. The fourth-order valence-electron chi connectivity index (χ4n) is 5.84. The molecule has 1 saturated heterocycles. The number of thiophene rings is 1. The number of fused-ring (bicyclic) bond motifs is 3. The molecule has 3 aliphatic rings. The van der Waals surface area contributed by atoms with E-state index in [1.54, 1.807) is 11.3 Å². The number of nitrogens with zero attached hydrogens (tertiary/aromatic N) is 3. The molecule has 4 aromatic rings. The van der Waals surface area contributed by atoms with E-state index < -0.39 is 0 Å². The summed E-state index contributed by atoms with van der Waals surface area (Å²) >= 11 is 1.72. The van der Waals surface area contributed by atoms with Crippen LogP contribution in [0, 0.1) is 0 Å². The second kappa shape index (κ2) is 8.85. The van der Waals surface area contributed by atoms with Gasteiger partial charge >= 0.3 is 0 Å². The van der Waals surface area contributed by atoms with Crippen LogP contribution in [0.1, 0.15) is 36.8 Å². The summed E-state index contributed by atoms with van der Waals surface area (Å²) in [6, 6.07) is 7.63. The number of nitrogens with one attached hydrogen (secondary N) is 2. The number of hydrogen-bond donors (Lipinski definition) is 3. The van der Waals surface area contributed by atoms with Gasteiger partial charge in [0.15, 0.2) is 0 Å². The first kappa shape index (κ1) is 21.7. The normalized spacial score (nSPS) is 23.8. The Kier molecular flexibility index (Phi) is 5.50. The molecule has 0 bridgehead atoms. The van der Waals surface area contributed by atoms with Gasteiger partial charge in [0.05, 0.1) is 57.9 Å². The summed E-state index contributed by atoms with van der Waals surface area (Å²) < 4.78 is 6.59. The lowest BCUT2D eigenvalue weighted by Gasteiger charge is -2.36. The second-order valence-electron chi connectivity index (χ2n) is 10.3. The first-order valence-electron chi connectivity index (χ1n) is 12.9. The number of rotatable bonds is 4. The van der Waals surface area contributed by atoms with Crippen LogP contribution in [0.3, 0.4) is 0 Å². The molecule has 1 aliphatic carbocycles. The third-order valence-electron chi connectivity index (χ3n) is 8.05. The molecule has 7 rings (SSSR count). The summed E-state index contributed by atoms with van der Waals surface area (Å²) in [5.41, 5.74) is 8.13. The lowest BCUT2D eigenvalue weighted by atomic mass is 9.93. The molecule has 182 valence electrons. The SMILES string of the molecule is OC1CCC(Nc2c(-c3nc4cc5c(cc4[nH]3)CCN(C3COC3)CC5)cnc3ccsc23)CC1. The number of pyridine rings is 1. The zero-order valence-corrected chi connectivity index (χ0v) is 20.6. The molecular weight excluding hydrogens is 458 g/mol. The highest BCUT2D eigenvalue weighted by Gasteiger charge is 2.28. The maximum atomic E-state index is 9.95. The molecule has 0 unspecified atom stereocenters. The summed E-state index contributed by atoms with van der Waals surface area (Å²) in [6.45, 7) is 3.94. The van der Waals surface area contributed by atoms with Crippen molar-refractivity contribution in [3.63, 3.8) is 0 Å². The third kappa shape index (κ3) is 4.02. The first-order valence-corrected chi connectivity index (χ1v) is 13.7. The van der Waals surface area contributed by atoms with Crippen LogP contribution in [-0.4, -0.2) is 69.4 Å². The average molecular weight is 490 g/mol. The van der Waals surface area contributed by atoms with Crippen LogP contribution < -0.4 is 5.32 Å². The standard InChI is InChI=1S/C27H31N5O2S/c33-20-3-1-18(2-4-20)29-25-21(13-28-22-7-10-35-26(22)25)27-30-23-11-16-5-8-32(19-14-34-15-19)9-6-17(16)12-24(23)31-27/h7,10-13,18-20,33H,1-6,8-9,14-15H2,(H,28,29)(H,30,31). The van der Waals surface area contributed by atoms with Crippen molar-refractivity contribution in [2.24, 2.45) is 0 Å². The highest BCUT2D eigenvalue weighted by Crippen LogP contribution is 2.38. The fourth-order valence-corrected chi connectivity index (χ4v) is 6.70. The van der Waals surface area contributed by atoms with Gasteiger partial charge in [-0.2, -0.15) is 0 Å². The molecule has 7 nitrogen and oxygen atoms in total.